The molecule has 0 saturated carbocycles. The Morgan fingerprint density at radius 3 is 2.62 bits per heavy atom. The fraction of sp³-hybridized carbons (Fsp3) is 0.421. The van der Waals surface area contributed by atoms with Crippen molar-refractivity contribution in [3.8, 4) is 11.3 Å². The predicted octanol–water partition coefficient (Wildman–Crippen LogP) is 0.667. The highest BCUT2D eigenvalue weighted by Gasteiger charge is 2.11. The lowest BCUT2D eigenvalue weighted by atomic mass is 10.1. The van der Waals surface area contributed by atoms with Gasteiger partial charge < -0.3 is 10.1 Å². The third kappa shape index (κ3) is 5.00. The second kappa shape index (κ2) is 8.73. The number of amides is 1. The van der Waals surface area contributed by atoms with Gasteiger partial charge in [0.2, 0.25) is 5.91 Å². The SMILES string of the molecule is Cc1ccc(-c2ccc(=O)n(CC(=O)NCCN3CCOCC3)n2)cc1. The third-order valence-electron chi connectivity index (χ3n) is 4.36. The molecule has 1 N–H and O–H groups in total. The van der Waals surface area contributed by atoms with Gasteiger partial charge in [0, 0.05) is 37.8 Å². The molecule has 0 atom stereocenters. The number of nitrogens with one attached hydrogen (secondary N) is 1. The first-order chi connectivity index (χ1) is 12.6. The summed E-state index contributed by atoms with van der Waals surface area (Å²) in [5.41, 5.74) is 2.45. The molecular weight excluding hydrogens is 332 g/mol. The molecule has 1 aliphatic rings. The van der Waals surface area contributed by atoms with Gasteiger partial charge >= 0.3 is 0 Å². The zero-order chi connectivity index (χ0) is 18.4. The molecule has 0 bridgehead atoms. The van der Waals surface area contributed by atoms with Gasteiger partial charge in [0.05, 0.1) is 18.9 Å². The van der Waals surface area contributed by atoms with Gasteiger partial charge in [-0.2, -0.15) is 5.10 Å². The summed E-state index contributed by atoms with van der Waals surface area (Å²) >= 11 is 0. The van der Waals surface area contributed by atoms with Crippen LogP contribution in [-0.4, -0.2) is 60.0 Å². The maximum atomic E-state index is 12.1. The van der Waals surface area contributed by atoms with Crippen LogP contribution in [-0.2, 0) is 16.1 Å². The number of benzene rings is 1. The van der Waals surface area contributed by atoms with Crippen LogP contribution in [0, 0.1) is 6.92 Å². The second-order valence-electron chi connectivity index (χ2n) is 6.38. The van der Waals surface area contributed by atoms with E-state index in [1.54, 1.807) is 6.07 Å². The molecule has 0 aliphatic carbocycles. The number of rotatable bonds is 6. The van der Waals surface area contributed by atoms with E-state index in [-0.39, 0.29) is 18.0 Å². The van der Waals surface area contributed by atoms with Gasteiger partial charge in [-0.3, -0.25) is 14.5 Å². The largest absolute Gasteiger partial charge is 0.379 e. The van der Waals surface area contributed by atoms with Crippen molar-refractivity contribution in [2.24, 2.45) is 0 Å². The predicted molar refractivity (Wildman–Crippen MR) is 98.9 cm³/mol. The zero-order valence-electron chi connectivity index (χ0n) is 15.0. The van der Waals surface area contributed by atoms with E-state index in [1.807, 2.05) is 31.2 Å². The monoisotopic (exact) mass is 356 g/mol. The quantitative estimate of drug-likeness (QED) is 0.823. The van der Waals surface area contributed by atoms with Crippen molar-refractivity contribution in [3.63, 3.8) is 0 Å². The highest BCUT2D eigenvalue weighted by Crippen LogP contribution is 2.15. The summed E-state index contributed by atoms with van der Waals surface area (Å²) in [6.07, 6.45) is 0. The zero-order valence-corrected chi connectivity index (χ0v) is 15.0. The van der Waals surface area contributed by atoms with Crippen LogP contribution in [0.5, 0.6) is 0 Å². The molecule has 1 aliphatic heterocycles. The Hall–Kier alpha value is -2.51. The Morgan fingerprint density at radius 2 is 1.88 bits per heavy atom. The van der Waals surface area contributed by atoms with Crippen LogP contribution in [0.3, 0.4) is 0 Å². The smallest absolute Gasteiger partial charge is 0.267 e. The highest BCUT2D eigenvalue weighted by atomic mass is 16.5. The number of aryl methyl sites for hydroxylation is 1. The minimum absolute atomic E-state index is 0.0817. The van der Waals surface area contributed by atoms with Crippen molar-refractivity contribution in [2.45, 2.75) is 13.5 Å². The summed E-state index contributed by atoms with van der Waals surface area (Å²) in [6, 6.07) is 11.0. The number of morpholine rings is 1. The van der Waals surface area contributed by atoms with E-state index in [9.17, 15) is 9.59 Å². The van der Waals surface area contributed by atoms with Crippen LogP contribution in [0.2, 0.25) is 0 Å². The molecule has 1 saturated heterocycles. The highest BCUT2D eigenvalue weighted by molar-refractivity contribution is 5.75. The Balaban J connectivity index is 1.58. The molecule has 1 amide bonds. The summed E-state index contributed by atoms with van der Waals surface area (Å²) in [6.45, 7) is 6.50. The van der Waals surface area contributed by atoms with Gasteiger partial charge in [0.15, 0.2) is 0 Å². The maximum Gasteiger partial charge on any atom is 0.267 e. The Bertz CT molecular complexity index is 795. The Morgan fingerprint density at radius 1 is 1.15 bits per heavy atom. The standard InChI is InChI=1S/C19H24N4O3/c1-15-2-4-16(5-3-15)17-6-7-19(25)23(21-17)14-18(24)20-8-9-22-10-12-26-13-11-22/h2-7H,8-14H2,1H3,(H,20,24). The number of carbonyl (C=O) groups is 1. The van der Waals surface area contributed by atoms with Gasteiger partial charge in [-0.15, -0.1) is 0 Å². The second-order valence-corrected chi connectivity index (χ2v) is 6.38. The van der Waals surface area contributed by atoms with Crippen LogP contribution >= 0.6 is 0 Å². The van der Waals surface area contributed by atoms with E-state index in [1.165, 1.54) is 10.7 Å². The third-order valence-corrected chi connectivity index (χ3v) is 4.36. The maximum absolute atomic E-state index is 12.1. The van der Waals surface area contributed by atoms with E-state index < -0.39 is 0 Å². The lowest BCUT2D eigenvalue weighted by molar-refractivity contribution is -0.122. The van der Waals surface area contributed by atoms with E-state index in [0.717, 1.165) is 44.0 Å². The molecule has 0 unspecified atom stereocenters. The molecule has 7 heteroatoms. The van der Waals surface area contributed by atoms with E-state index in [4.69, 9.17) is 4.74 Å². The molecule has 0 radical (unpaired) electrons. The lowest BCUT2D eigenvalue weighted by Crippen LogP contribution is -2.42. The fourth-order valence-corrected chi connectivity index (χ4v) is 2.81. The molecule has 138 valence electrons. The van der Waals surface area contributed by atoms with Crippen LogP contribution < -0.4 is 10.9 Å². The normalized spacial score (nSPS) is 15.0. The van der Waals surface area contributed by atoms with Gasteiger partial charge in [0.25, 0.3) is 5.56 Å². The minimum Gasteiger partial charge on any atom is -0.379 e. The molecular formula is C19H24N4O3. The molecule has 0 spiro atoms. The molecule has 1 aromatic carbocycles. The number of hydrogen-bond acceptors (Lipinski definition) is 5. The van der Waals surface area contributed by atoms with Crippen molar-refractivity contribution in [1.29, 1.82) is 0 Å². The fourth-order valence-electron chi connectivity index (χ4n) is 2.81. The summed E-state index contributed by atoms with van der Waals surface area (Å²) in [5, 5.41) is 7.18. The van der Waals surface area contributed by atoms with Crippen molar-refractivity contribution >= 4 is 5.91 Å². The van der Waals surface area contributed by atoms with Crippen molar-refractivity contribution in [1.82, 2.24) is 20.0 Å². The number of carbonyl (C=O) groups excluding carboxylic acids is 1. The molecule has 7 nitrogen and oxygen atoms in total. The van der Waals surface area contributed by atoms with Crippen molar-refractivity contribution < 1.29 is 9.53 Å². The van der Waals surface area contributed by atoms with Crippen LogP contribution in [0.4, 0.5) is 0 Å². The number of ether oxygens (including phenoxy) is 1. The van der Waals surface area contributed by atoms with Gasteiger partial charge in [-0.1, -0.05) is 29.8 Å². The topological polar surface area (TPSA) is 76.5 Å². The van der Waals surface area contributed by atoms with Crippen molar-refractivity contribution in [2.75, 3.05) is 39.4 Å². The van der Waals surface area contributed by atoms with Gasteiger partial charge in [0.1, 0.15) is 6.54 Å². The average Bonchev–Trinajstić information content (AvgIpc) is 2.65. The van der Waals surface area contributed by atoms with Crippen molar-refractivity contribution in [3.05, 3.63) is 52.3 Å². The summed E-state index contributed by atoms with van der Waals surface area (Å²) in [7, 11) is 0. The first kappa shape index (κ1) is 18.3. The first-order valence-corrected chi connectivity index (χ1v) is 8.84. The van der Waals surface area contributed by atoms with E-state index >= 15 is 0 Å². The van der Waals surface area contributed by atoms with Gasteiger partial charge in [-0.25, -0.2) is 4.68 Å². The van der Waals surface area contributed by atoms with E-state index in [2.05, 4.69) is 15.3 Å². The van der Waals surface area contributed by atoms with Crippen LogP contribution in [0.15, 0.2) is 41.2 Å². The average molecular weight is 356 g/mol. The number of aromatic nitrogens is 2. The Kier molecular flexibility index (Phi) is 6.14. The van der Waals surface area contributed by atoms with Crippen LogP contribution in [0.25, 0.3) is 11.3 Å². The Labute approximate surface area is 152 Å². The molecule has 26 heavy (non-hydrogen) atoms. The summed E-state index contributed by atoms with van der Waals surface area (Å²) in [5.74, 6) is -0.214. The van der Waals surface area contributed by atoms with Crippen LogP contribution in [0.1, 0.15) is 5.56 Å². The molecule has 1 aromatic heterocycles. The molecule has 1 fully saturated rings. The molecule has 2 heterocycles. The minimum atomic E-state index is -0.288. The number of hydrogen-bond donors (Lipinski definition) is 1. The summed E-state index contributed by atoms with van der Waals surface area (Å²) < 4.78 is 6.51. The number of nitrogens with zero attached hydrogens (tertiary/aromatic N) is 3. The molecule has 2 aromatic rings. The van der Waals surface area contributed by atoms with E-state index in [0.29, 0.717) is 12.2 Å². The lowest BCUT2D eigenvalue weighted by Gasteiger charge is -2.26. The molecule has 3 rings (SSSR count). The van der Waals surface area contributed by atoms with Gasteiger partial charge in [-0.05, 0) is 13.0 Å². The first-order valence-electron chi connectivity index (χ1n) is 8.84. The summed E-state index contributed by atoms with van der Waals surface area (Å²) in [4.78, 5) is 26.4.